The first-order valence-corrected chi connectivity index (χ1v) is 9.62. The lowest BCUT2D eigenvalue weighted by molar-refractivity contribution is -0.0390. The largest absolute Gasteiger partial charge is 0.465 e. The van der Waals surface area contributed by atoms with Crippen molar-refractivity contribution in [2.75, 3.05) is 6.61 Å². The highest BCUT2D eigenvalue weighted by molar-refractivity contribution is 5.64. The Bertz CT molecular complexity index is 852. The third kappa shape index (κ3) is 4.34. The van der Waals surface area contributed by atoms with Gasteiger partial charge < -0.3 is 9.47 Å². The molecule has 4 heteroatoms. The van der Waals surface area contributed by atoms with Gasteiger partial charge in [0.05, 0.1) is 6.61 Å². The SMILES string of the molecule is CCCc1ccc(-c2ncc(-c3ccc(OC4CCCO4)cc3)cn2)cc1. The summed E-state index contributed by atoms with van der Waals surface area (Å²) in [5.41, 5.74) is 4.45. The van der Waals surface area contributed by atoms with Crippen LogP contribution in [0.15, 0.2) is 60.9 Å². The van der Waals surface area contributed by atoms with Crippen molar-refractivity contribution in [1.29, 1.82) is 0 Å². The standard InChI is InChI=1S/C23H24N2O2/c1-2-4-17-6-8-19(9-7-17)23-24-15-20(16-25-23)18-10-12-21(13-11-18)27-22-5-3-14-26-22/h6-13,15-16,22H,2-5,14H2,1H3. The Labute approximate surface area is 160 Å². The fourth-order valence-electron chi connectivity index (χ4n) is 3.25. The number of ether oxygens (including phenoxy) is 2. The number of rotatable bonds is 6. The molecule has 1 aliphatic rings. The maximum atomic E-state index is 5.82. The minimum atomic E-state index is -0.109. The minimum absolute atomic E-state index is 0.109. The molecule has 0 amide bonds. The van der Waals surface area contributed by atoms with Crippen molar-refractivity contribution in [3.05, 3.63) is 66.5 Å². The monoisotopic (exact) mass is 360 g/mol. The van der Waals surface area contributed by atoms with Crippen LogP contribution in [-0.2, 0) is 11.2 Å². The Balaban J connectivity index is 1.45. The average Bonchev–Trinajstić information content (AvgIpc) is 3.23. The highest BCUT2D eigenvalue weighted by Crippen LogP contribution is 2.25. The fourth-order valence-corrected chi connectivity index (χ4v) is 3.25. The Kier molecular flexibility index (Phi) is 5.45. The van der Waals surface area contributed by atoms with Gasteiger partial charge in [0.2, 0.25) is 0 Å². The van der Waals surface area contributed by atoms with Gasteiger partial charge in [-0.25, -0.2) is 9.97 Å². The summed E-state index contributed by atoms with van der Waals surface area (Å²) in [4.78, 5) is 9.09. The molecule has 1 aliphatic heterocycles. The zero-order chi connectivity index (χ0) is 18.5. The van der Waals surface area contributed by atoms with E-state index in [2.05, 4.69) is 41.2 Å². The number of aromatic nitrogens is 2. The summed E-state index contributed by atoms with van der Waals surface area (Å²) in [6.07, 6.45) is 7.91. The van der Waals surface area contributed by atoms with Gasteiger partial charge in [-0.3, -0.25) is 0 Å². The zero-order valence-corrected chi connectivity index (χ0v) is 15.6. The van der Waals surface area contributed by atoms with Crippen molar-refractivity contribution in [2.45, 2.75) is 38.9 Å². The number of hydrogen-bond donors (Lipinski definition) is 0. The summed E-state index contributed by atoms with van der Waals surface area (Å²) in [5.74, 6) is 1.58. The molecule has 4 rings (SSSR count). The average molecular weight is 360 g/mol. The molecule has 1 fully saturated rings. The van der Waals surface area contributed by atoms with E-state index in [1.165, 1.54) is 5.56 Å². The van der Waals surface area contributed by atoms with E-state index in [-0.39, 0.29) is 6.29 Å². The highest BCUT2D eigenvalue weighted by atomic mass is 16.7. The second-order valence-corrected chi connectivity index (χ2v) is 6.83. The maximum Gasteiger partial charge on any atom is 0.199 e. The van der Waals surface area contributed by atoms with E-state index in [4.69, 9.17) is 9.47 Å². The van der Waals surface area contributed by atoms with Crippen LogP contribution in [0.5, 0.6) is 5.75 Å². The van der Waals surface area contributed by atoms with Gasteiger partial charge in [0.15, 0.2) is 12.1 Å². The third-order valence-electron chi connectivity index (χ3n) is 4.75. The number of hydrogen-bond acceptors (Lipinski definition) is 4. The Morgan fingerprint density at radius 1 is 0.926 bits per heavy atom. The lowest BCUT2D eigenvalue weighted by atomic mass is 10.1. The van der Waals surface area contributed by atoms with E-state index in [9.17, 15) is 0 Å². The van der Waals surface area contributed by atoms with E-state index in [1.807, 2.05) is 36.7 Å². The third-order valence-corrected chi connectivity index (χ3v) is 4.75. The molecule has 138 valence electrons. The second kappa shape index (κ2) is 8.31. The zero-order valence-electron chi connectivity index (χ0n) is 15.6. The van der Waals surface area contributed by atoms with Crippen molar-refractivity contribution in [2.24, 2.45) is 0 Å². The van der Waals surface area contributed by atoms with Crippen molar-refractivity contribution in [3.8, 4) is 28.3 Å². The summed E-state index contributed by atoms with van der Waals surface area (Å²) in [5, 5.41) is 0. The fraction of sp³-hybridized carbons (Fsp3) is 0.304. The summed E-state index contributed by atoms with van der Waals surface area (Å²) >= 11 is 0. The molecule has 2 heterocycles. The van der Waals surface area contributed by atoms with Gasteiger partial charge in [-0.15, -0.1) is 0 Å². The quantitative estimate of drug-likeness (QED) is 0.600. The predicted molar refractivity (Wildman–Crippen MR) is 107 cm³/mol. The molecule has 1 aromatic heterocycles. The first-order valence-electron chi connectivity index (χ1n) is 9.62. The van der Waals surface area contributed by atoms with Crippen LogP contribution >= 0.6 is 0 Å². The Hall–Kier alpha value is -2.72. The first-order chi connectivity index (χ1) is 13.3. The van der Waals surface area contributed by atoms with Gasteiger partial charge in [0.25, 0.3) is 0 Å². The highest BCUT2D eigenvalue weighted by Gasteiger charge is 2.16. The number of nitrogens with zero attached hydrogens (tertiary/aromatic N) is 2. The van der Waals surface area contributed by atoms with Gasteiger partial charge >= 0.3 is 0 Å². The minimum Gasteiger partial charge on any atom is -0.465 e. The summed E-state index contributed by atoms with van der Waals surface area (Å²) in [6.45, 7) is 2.98. The van der Waals surface area contributed by atoms with Gasteiger partial charge in [-0.2, -0.15) is 0 Å². The van der Waals surface area contributed by atoms with E-state index in [0.29, 0.717) is 0 Å². The van der Waals surface area contributed by atoms with Gasteiger partial charge in [-0.1, -0.05) is 49.7 Å². The molecule has 0 N–H and O–H groups in total. The van der Waals surface area contributed by atoms with Crippen LogP contribution < -0.4 is 4.74 Å². The van der Waals surface area contributed by atoms with Gasteiger partial charge in [0, 0.05) is 29.9 Å². The van der Waals surface area contributed by atoms with Crippen LogP contribution in [0.25, 0.3) is 22.5 Å². The molecule has 0 bridgehead atoms. The lowest BCUT2D eigenvalue weighted by Crippen LogP contribution is -2.13. The molecule has 0 aliphatic carbocycles. The van der Waals surface area contributed by atoms with Crippen molar-refractivity contribution >= 4 is 0 Å². The van der Waals surface area contributed by atoms with Crippen molar-refractivity contribution in [3.63, 3.8) is 0 Å². The van der Waals surface area contributed by atoms with Crippen LogP contribution in [0, 0.1) is 0 Å². The van der Waals surface area contributed by atoms with Crippen LogP contribution in [0.2, 0.25) is 0 Å². The molecule has 0 radical (unpaired) electrons. The van der Waals surface area contributed by atoms with Crippen molar-refractivity contribution < 1.29 is 9.47 Å². The molecular weight excluding hydrogens is 336 g/mol. The van der Waals surface area contributed by atoms with Gasteiger partial charge in [0.1, 0.15) is 5.75 Å². The van der Waals surface area contributed by atoms with Crippen LogP contribution in [0.3, 0.4) is 0 Å². The number of benzene rings is 2. The molecule has 1 atom stereocenters. The molecule has 27 heavy (non-hydrogen) atoms. The number of aryl methyl sites for hydroxylation is 1. The normalized spacial score (nSPS) is 16.4. The smallest absolute Gasteiger partial charge is 0.199 e. The van der Waals surface area contributed by atoms with E-state index >= 15 is 0 Å². The second-order valence-electron chi connectivity index (χ2n) is 6.83. The molecule has 3 aromatic rings. The molecule has 2 aromatic carbocycles. The van der Waals surface area contributed by atoms with Crippen LogP contribution in [0.4, 0.5) is 0 Å². The summed E-state index contributed by atoms with van der Waals surface area (Å²) in [7, 11) is 0. The first kappa shape index (κ1) is 17.7. The van der Waals surface area contributed by atoms with Crippen LogP contribution in [0.1, 0.15) is 31.7 Å². The van der Waals surface area contributed by atoms with E-state index < -0.39 is 0 Å². The predicted octanol–water partition coefficient (Wildman–Crippen LogP) is 5.28. The summed E-state index contributed by atoms with van der Waals surface area (Å²) in [6, 6.07) is 16.5. The molecular formula is C23H24N2O2. The van der Waals surface area contributed by atoms with Gasteiger partial charge in [-0.05, 0) is 36.1 Å². The Morgan fingerprint density at radius 2 is 1.63 bits per heavy atom. The maximum absolute atomic E-state index is 5.82. The molecule has 1 saturated heterocycles. The van der Waals surface area contributed by atoms with Crippen molar-refractivity contribution in [1.82, 2.24) is 9.97 Å². The topological polar surface area (TPSA) is 44.2 Å². The summed E-state index contributed by atoms with van der Waals surface area (Å²) < 4.78 is 11.3. The van der Waals surface area contributed by atoms with E-state index in [0.717, 1.165) is 60.6 Å². The molecule has 4 nitrogen and oxygen atoms in total. The Morgan fingerprint density at radius 3 is 2.26 bits per heavy atom. The van der Waals surface area contributed by atoms with Crippen LogP contribution in [-0.4, -0.2) is 22.9 Å². The molecule has 1 unspecified atom stereocenters. The molecule has 0 spiro atoms. The van der Waals surface area contributed by atoms with E-state index in [1.54, 1.807) is 0 Å². The molecule has 0 saturated carbocycles. The lowest BCUT2D eigenvalue weighted by Gasteiger charge is -2.13.